The maximum Gasteiger partial charge on any atom is 0.305 e. The number of fused-ring (bicyclic) bond motifs is 1. The van der Waals surface area contributed by atoms with E-state index in [-0.39, 0.29) is 11.3 Å². The van der Waals surface area contributed by atoms with Crippen LogP contribution < -0.4 is 4.31 Å². The van der Waals surface area contributed by atoms with E-state index in [9.17, 15) is 13.2 Å². The van der Waals surface area contributed by atoms with Gasteiger partial charge in [-0.05, 0) is 58.5 Å². The average Bonchev–Trinajstić information content (AvgIpc) is 2.68. The van der Waals surface area contributed by atoms with E-state index in [1.807, 2.05) is 0 Å². The molecule has 1 aliphatic heterocycles. The van der Waals surface area contributed by atoms with Gasteiger partial charge in [-0.2, -0.15) is 0 Å². The van der Waals surface area contributed by atoms with Crippen LogP contribution >= 0.6 is 22.6 Å². The fraction of sp³-hybridized carbons (Fsp3) is 0.133. The molecule has 0 saturated heterocycles. The van der Waals surface area contributed by atoms with E-state index in [2.05, 4.69) is 22.6 Å². The Kier molecular flexibility index (Phi) is 3.85. The van der Waals surface area contributed by atoms with Gasteiger partial charge >= 0.3 is 5.97 Å². The van der Waals surface area contributed by atoms with Crippen LogP contribution in [0.25, 0.3) is 0 Å². The molecule has 0 bridgehead atoms. The number of carbonyl (C=O) groups is 1. The highest BCUT2D eigenvalue weighted by atomic mass is 127. The Balaban J connectivity index is 2.19. The van der Waals surface area contributed by atoms with Gasteiger partial charge in [0, 0.05) is 3.57 Å². The standard InChI is InChI=1S/C15H12INO4S/c16-10-5-7-11(8-6-10)17-13(9-15(18)19)12-3-1-2-4-14(12)22(17,20)21/h1-8,13H,9H2,(H,18,19). The van der Waals surface area contributed by atoms with Crippen molar-refractivity contribution in [3.05, 3.63) is 57.7 Å². The van der Waals surface area contributed by atoms with Crippen LogP contribution in [-0.2, 0) is 14.8 Å². The first-order chi connectivity index (χ1) is 10.4. The molecular formula is C15H12INO4S. The van der Waals surface area contributed by atoms with Crippen LogP contribution in [0.5, 0.6) is 0 Å². The molecule has 0 fully saturated rings. The molecule has 1 unspecified atom stereocenters. The molecule has 7 heteroatoms. The fourth-order valence-corrected chi connectivity index (χ4v) is 4.90. The minimum atomic E-state index is -3.74. The second-order valence-corrected chi connectivity index (χ2v) is 7.96. The van der Waals surface area contributed by atoms with Crippen LogP contribution in [0.3, 0.4) is 0 Å². The smallest absolute Gasteiger partial charge is 0.305 e. The van der Waals surface area contributed by atoms with Crippen molar-refractivity contribution in [1.82, 2.24) is 0 Å². The van der Waals surface area contributed by atoms with Crippen molar-refractivity contribution in [3.63, 3.8) is 0 Å². The highest BCUT2D eigenvalue weighted by molar-refractivity contribution is 14.1. The summed E-state index contributed by atoms with van der Waals surface area (Å²) in [5.41, 5.74) is 1.01. The second kappa shape index (κ2) is 5.54. The van der Waals surface area contributed by atoms with Gasteiger partial charge in [-0.15, -0.1) is 0 Å². The summed E-state index contributed by atoms with van der Waals surface area (Å²) in [5, 5.41) is 9.16. The summed E-state index contributed by atoms with van der Waals surface area (Å²) >= 11 is 2.13. The summed E-state index contributed by atoms with van der Waals surface area (Å²) in [6.07, 6.45) is -0.276. The zero-order valence-electron chi connectivity index (χ0n) is 11.3. The van der Waals surface area contributed by atoms with E-state index in [4.69, 9.17) is 5.11 Å². The quantitative estimate of drug-likeness (QED) is 0.762. The first-order valence-corrected chi connectivity index (χ1v) is 9.04. The molecule has 0 spiro atoms. The number of sulfonamides is 1. The van der Waals surface area contributed by atoms with E-state index in [1.54, 1.807) is 42.5 Å². The van der Waals surface area contributed by atoms with Gasteiger partial charge in [0.2, 0.25) is 0 Å². The molecule has 0 aromatic heterocycles. The largest absolute Gasteiger partial charge is 0.481 e. The summed E-state index contributed by atoms with van der Waals surface area (Å²) in [4.78, 5) is 11.4. The zero-order valence-corrected chi connectivity index (χ0v) is 14.3. The third-order valence-electron chi connectivity index (χ3n) is 3.55. The lowest BCUT2D eigenvalue weighted by molar-refractivity contribution is -0.137. The SMILES string of the molecule is O=C(O)CC1c2ccccc2S(=O)(=O)N1c1ccc(I)cc1. The first-order valence-electron chi connectivity index (χ1n) is 6.52. The maximum absolute atomic E-state index is 12.8. The van der Waals surface area contributed by atoms with Crippen molar-refractivity contribution in [2.75, 3.05) is 4.31 Å². The van der Waals surface area contributed by atoms with Crippen molar-refractivity contribution < 1.29 is 18.3 Å². The van der Waals surface area contributed by atoms with Crippen molar-refractivity contribution in [2.24, 2.45) is 0 Å². The molecule has 0 aliphatic carbocycles. The highest BCUT2D eigenvalue weighted by Crippen LogP contribution is 2.44. The second-order valence-electron chi connectivity index (χ2n) is 4.93. The number of anilines is 1. The maximum atomic E-state index is 12.8. The predicted molar refractivity (Wildman–Crippen MR) is 90.3 cm³/mol. The van der Waals surface area contributed by atoms with Crippen molar-refractivity contribution in [3.8, 4) is 0 Å². The number of carboxylic acids is 1. The van der Waals surface area contributed by atoms with E-state index in [1.165, 1.54) is 10.4 Å². The fourth-order valence-electron chi connectivity index (χ4n) is 2.66. The van der Waals surface area contributed by atoms with Gasteiger partial charge in [0.1, 0.15) is 0 Å². The number of benzene rings is 2. The molecule has 1 heterocycles. The Morgan fingerprint density at radius 2 is 1.77 bits per heavy atom. The Morgan fingerprint density at radius 1 is 1.14 bits per heavy atom. The summed E-state index contributed by atoms with van der Waals surface area (Å²) in [7, 11) is -3.74. The number of halogens is 1. The Bertz CT molecular complexity index is 833. The van der Waals surface area contributed by atoms with Gasteiger partial charge in [-0.25, -0.2) is 8.42 Å². The number of aliphatic carboxylic acids is 1. The molecule has 0 amide bonds. The van der Waals surface area contributed by atoms with Crippen LogP contribution in [0.15, 0.2) is 53.4 Å². The highest BCUT2D eigenvalue weighted by Gasteiger charge is 2.43. The minimum Gasteiger partial charge on any atom is -0.481 e. The van der Waals surface area contributed by atoms with Gasteiger partial charge in [-0.1, -0.05) is 18.2 Å². The zero-order chi connectivity index (χ0) is 15.9. The summed E-state index contributed by atoms with van der Waals surface area (Å²) in [5.74, 6) is -1.03. The molecule has 5 nitrogen and oxygen atoms in total. The van der Waals surface area contributed by atoms with Gasteiger partial charge in [0.15, 0.2) is 0 Å². The first kappa shape index (κ1) is 15.3. The van der Waals surface area contributed by atoms with Gasteiger partial charge in [-0.3, -0.25) is 9.10 Å². The molecular weight excluding hydrogens is 417 g/mol. The molecule has 3 rings (SSSR count). The summed E-state index contributed by atoms with van der Waals surface area (Å²) in [6.45, 7) is 0. The topological polar surface area (TPSA) is 74.7 Å². The minimum absolute atomic E-state index is 0.180. The van der Waals surface area contributed by atoms with Gasteiger partial charge < -0.3 is 5.11 Å². The van der Waals surface area contributed by atoms with Crippen LogP contribution in [0.1, 0.15) is 18.0 Å². The lowest BCUT2D eigenvalue weighted by Crippen LogP contribution is -2.29. The molecule has 2 aromatic rings. The Labute approximate surface area is 141 Å². The lowest BCUT2D eigenvalue weighted by Gasteiger charge is -2.24. The Hall–Kier alpha value is -1.61. The predicted octanol–water partition coefficient (Wildman–Crippen LogP) is 3.02. The molecule has 1 N–H and O–H groups in total. The molecule has 1 atom stereocenters. The van der Waals surface area contributed by atoms with Gasteiger partial charge in [0.05, 0.1) is 23.0 Å². The molecule has 0 radical (unpaired) electrons. The molecule has 0 saturated carbocycles. The lowest BCUT2D eigenvalue weighted by atomic mass is 10.0. The van der Waals surface area contributed by atoms with Crippen molar-refractivity contribution in [2.45, 2.75) is 17.4 Å². The Morgan fingerprint density at radius 3 is 2.41 bits per heavy atom. The van der Waals surface area contributed by atoms with Crippen LogP contribution in [0.4, 0.5) is 5.69 Å². The van der Waals surface area contributed by atoms with Crippen molar-refractivity contribution in [1.29, 1.82) is 0 Å². The van der Waals surface area contributed by atoms with E-state index in [0.717, 1.165) is 3.57 Å². The molecule has 22 heavy (non-hydrogen) atoms. The molecule has 1 aliphatic rings. The van der Waals surface area contributed by atoms with E-state index >= 15 is 0 Å². The third-order valence-corrected chi connectivity index (χ3v) is 6.18. The number of hydrogen-bond donors (Lipinski definition) is 1. The average molecular weight is 429 g/mol. The molecule has 114 valence electrons. The summed E-state index contributed by atoms with van der Waals surface area (Å²) < 4.78 is 27.8. The summed E-state index contributed by atoms with van der Waals surface area (Å²) in [6, 6.07) is 12.8. The van der Waals surface area contributed by atoms with Crippen LogP contribution in [0.2, 0.25) is 0 Å². The number of rotatable bonds is 3. The number of nitrogens with zero attached hydrogens (tertiary/aromatic N) is 1. The monoisotopic (exact) mass is 429 g/mol. The van der Waals surface area contributed by atoms with E-state index < -0.39 is 22.0 Å². The van der Waals surface area contributed by atoms with Gasteiger partial charge in [0.25, 0.3) is 10.0 Å². The van der Waals surface area contributed by atoms with E-state index in [0.29, 0.717) is 11.3 Å². The van der Waals surface area contributed by atoms with Crippen LogP contribution in [-0.4, -0.2) is 19.5 Å². The third kappa shape index (κ3) is 2.48. The normalized spacial score (nSPS) is 19.0. The van der Waals surface area contributed by atoms with Crippen LogP contribution in [0, 0.1) is 3.57 Å². The number of hydrogen-bond acceptors (Lipinski definition) is 3. The van der Waals surface area contributed by atoms with Crippen molar-refractivity contribution >= 4 is 44.3 Å². The molecule has 2 aromatic carbocycles. The number of carboxylic acid groups (broad SMARTS) is 1.